The highest BCUT2D eigenvalue weighted by atomic mass is 79.9. The first-order valence-electron chi connectivity index (χ1n) is 7.21. The molecule has 0 radical (unpaired) electrons. The number of rotatable bonds is 3. The molecule has 1 aromatic rings. The van der Waals surface area contributed by atoms with Crippen LogP contribution < -0.4 is 5.73 Å². The minimum absolute atomic E-state index is 0.252. The van der Waals surface area contributed by atoms with Crippen LogP contribution in [0.4, 0.5) is 0 Å². The van der Waals surface area contributed by atoms with Crippen LogP contribution in [0.1, 0.15) is 32.4 Å². The summed E-state index contributed by atoms with van der Waals surface area (Å²) in [5, 5.41) is 0. The molecule has 5 heteroatoms. The topological polar surface area (TPSA) is 45.4 Å². The first-order chi connectivity index (χ1) is 9.41. The predicted molar refractivity (Wildman–Crippen MR) is 86.6 cm³/mol. The van der Waals surface area contributed by atoms with Gasteiger partial charge < -0.3 is 5.73 Å². The third kappa shape index (κ3) is 3.79. The molecule has 1 saturated heterocycles. The van der Waals surface area contributed by atoms with E-state index in [1.807, 2.05) is 12.4 Å². The maximum Gasteiger partial charge on any atom is 0.0487 e. The Balaban J connectivity index is 2.04. The highest BCUT2D eigenvalue weighted by molar-refractivity contribution is 9.10. The quantitative estimate of drug-likeness (QED) is 0.916. The number of pyridine rings is 1. The summed E-state index contributed by atoms with van der Waals surface area (Å²) in [7, 11) is 0. The number of aromatic nitrogens is 1. The molecule has 2 N–H and O–H groups in total. The molecule has 4 nitrogen and oxygen atoms in total. The molecule has 2 heterocycles. The van der Waals surface area contributed by atoms with Gasteiger partial charge in [-0.3, -0.25) is 14.8 Å². The number of hydrogen-bond donors (Lipinski definition) is 1. The second-order valence-corrected chi connectivity index (χ2v) is 7.30. The van der Waals surface area contributed by atoms with Crippen molar-refractivity contribution in [3.05, 3.63) is 28.5 Å². The molecule has 0 bridgehead atoms. The fraction of sp³-hybridized carbons (Fsp3) is 0.667. The minimum Gasteiger partial charge on any atom is -0.329 e. The Morgan fingerprint density at radius 1 is 1.25 bits per heavy atom. The number of hydrogen-bond acceptors (Lipinski definition) is 4. The summed E-state index contributed by atoms with van der Waals surface area (Å²) in [6.07, 6.45) is 3.74. The summed E-state index contributed by atoms with van der Waals surface area (Å²) in [5.74, 6) is 0. The van der Waals surface area contributed by atoms with Crippen LogP contribution in [0, 0.1) is 0 Å². The van der Waals surface area contributed by atoms with Crippen LogP contribution in [0.25, 0.3) is 0 Å². The van der Waals surface area contributed by atoms with E-state index in [0.29, 0.717) is 6.54 Å². The molecular formula is C15H25BrN4. The lowest BCUT2D eigenvalue weighted by atomic mass is 10.0. The SMILES string of the molecule is CC(C)(C)N1CCN(C(CN)c2cncc(Br)c2)CC1. The number of piperazine rings is 1. The molecular weight excluding hydrogens is 316 g/mol. The lowest BCUT2D eigenvalue weighted by Crippen LogP contribution is -2.54. The molecule has 0 aliphatic carbocycles. The van der Waals surface area contributed by atoms with Crippen molar-refractivity contribution in [2.24, 2.45) is 5.73 Å². The smallest absolute Gasteiger partial charge is 0.0487 e. The molecule has 1 aromatic heterocycles. The Bertz CT molecular complexity index is 436. The summed E-state index contributed by atoms with van der Waals surface area (Å²) in [5.41, 5.74) is 7.46. The van der Waals surface area contributed by atoms with Gasteiger partial charge in [0, 0.05) is 61.2 Å². The molecule has 20 heavy (non-hydrogen) atoms. The largest absolute Gasteiger partial charge is 0.329 e. The average Bonchev–Trinajstić information content (AvgIpc) is 2.39. The van der Waals surface area contributed by atoms with E-state index in [9.17, 15) is 0 Å². The maximum atomic E-state index is 6.01. The molecule has 1 atom stereocenters. The lowest BCUT2D eigenvalue weighted by molar-refractivity contribution is 0.0433. The van der Waals surface area contributed by atoms with Gasteiger partial charge in [-0.1, -0.05) is 0 Å². The van der Waals surface area contributed by atoms with Gasteiger partial charge in [-0.15, -0.1) is 0 Å². The van der Waals surface area contributed by atoms with Crippen molar-refractivity contribution in [1.29, 1.82) is 0 Å². The zero-order valence-electron chi connectivity index (χ0n) is 12.6. The summed E-state index contributed by atoms with van der Waals surface area (Å²) in [6, 6.07) is 2.39. The van der Waals surface area contributed by atoms with E-state index in [4.69, 9.17) is 5.73 Å². The first kappa shape index (κ1) is 15.9. The van der Waals surface area contributed by atoms with Gasteiger partial charge >= 0.3 is 0 Å². The summed E-state index contributed by atoms with van der Waals surface area (Å²) in [6.45, 7) is 11.8. The Kier molecular flexibility index (Phi) is 5.18. The van der Waals surface area contributed by atoms with Crippen molar-refractivity contribution in [1.82, 2.24) is 14.8 Å². The van der Waals surface area contributed by atoms with Crippen LogP contribution in [-0.4, -0.2) is 53.0 Å². The zero-order valence-corrected chi connectivity index (χ0v) is 14.2. The minimum atomic E-state index is 0.252. The average molecular weight is 341 g/mol. The molecule has 0 saturated carbocycles. The van der Waals surface area contributed by atoms with E-state index in [2.05, 4.69) is 57.6 Å². The van der Waals surface area contributed by atoms with Gasteiger partial charge in [0.1, 0.15) is 0 Å². The molecule has 0 amide bonds. The summed E-state index contributed by atoms with van der Waals surface area (Å²) in [4.78, 5) is 9.28. The Labute approximate surface area is 130 Å². The van der Waals surface area contributed by atoms with Crippen molar-refractivity contribution in [2.45, 2.75) is 32.4 Å². The Morgan fingerprint density at radius 2 is 1.90 bits per heavy atom. The van der Waals surface area contributed by atoms with Crippen LogP contribution in [0.15, 0.2) is 22.9 Å². The molecule has 1 unspecified atom stereocenters. The number of halogens is 1. The standard InChI is InChI=1S/C15H25BrN4/c1-15(2,3)20-6-4-19(5-7-20)14(9-17)12-8-13(16)11-18-10-12/h8,10-11,14H,4-7,9,17H2,1-3H3. The van der Waals surface area contributed by atoms with E-state index in [-0.39, 0.29) is 11.6 Å². The first-order valence-corrected chi connectivity index (χ1v) is 8.00. The maximum absolute atomic E-state index is 6.01. The highest BCUT2D eigenvalue weighted by Crippen LogP contribution is 2.25. The van der Waals surface area contributed by atoms with Crippen molar-refractivity contribution in [3.63, 3.8) is 0 Å². The van der Waals surface area contributed by atoms with Crippen LogP contribution >= 0.6 is 15.9 Å². The molecule has 112 valence electrons. The zero-order chi connectivity index (χ0) is 14.8. The van der Waals surface area contributed by atoms with E-state index >= 15 is 0 Å². The third-order valence-corrected chi connectivity index (χ3v) is 4.47. The molecule has 2 rings (SSSR count). The molecule has 0 spiro atoms. The van der Waals surface area contributed by atoms with Crippen LogP contribution in [0.5, 0.6) is 0 Å². The number of nitrogens with zero attached hydrogens (tertiary/aromatic N) is 3. The van der Waals surface area contributed by atoms with E-state index in [1.165, 1.54) is 5.56 Å². The van der Waals surface area contributed by atoms with Crippen molar-refractivity contribution in [2.75, 3.05) is 32.7 Å². The van der Waals surface area contributed by atoms with Crippen molar-refractivity contribution >= 4 is 15.9 Å². The van der Waals surface area contributed by atoms with E-state index < -0.39 is 0 Å². The number of nitrogens with two attached hydrogens (primary N) is 1. The molecule has 0 aromatic carbocycles. The van der Waals surface area contributed by atoms with Crippen LogP contribution in [-0.2, 0) is 0 Å². The fourth-order valence-electron chi connectivity index (χ4n) is 2.81. The third-order valence-electron chi connectivity index (χ3n) is 4.04. The lowest BCUT2D eigenvalue weighted by Gasteiger charge is -2.44. The van der Waals surface area contributed by atoms with E-state index in [0.717, 1.165) is 30.7 Å². The van der Waals surface area contributed by atoms with Gasteiger partial charge in [0.15, 0.2) is 0 Å². The second-order valence-electron chi connectivity index (χ2n) is 6.38. The van der Waals surface area contributed by atoms with Gasteiger partial charge in [0.05, 0.1) is 0 Å². The van der Waals surface area contributed by atoms with Crippen LogP contribution in [0.2, 0.25) is 0 Å². The van der Waals surface area contributed by atoms with Crippen molar-refractivity contribution < 1.29 is 0 Å². The van der Waals surface area contributed by atoms with Gasteiger partial charge in [-0.05, 0) is 48.3 Å². The summed E-state index contributed by atoms with van der Waals surface area (Å²) >= 11 is 3.49. The normalized spacial score (nSPS) is 20.1. The Morgan fingerprint density at radius 3 is 2.40 bits per heavy atom. The monoisotopic (exact) mass is 340 g/mol. The highest BCUT2D eigenvalue weighted by Gasteiger charge is 2.29. The summed E-state index contributed by atoms with van der Waals surface area (Å²) < 4.78 is 1.02. The molecule has 1 aliphatic rings. The predicted octanol–water partition coefficient (Wildman–Crippen LogP) is 2.26. The van der Waals surface area contributed by atoms with Crippen LogP contribution in [0.3, 0.4) is 0 Å². The molecule has 1 fully saturated rings. The van der Waals surface area contributed by atoms with E-state index in [1.54, 1.807) is 0 Å². The van der Waals surface area contributed by atoms with Gasteiger partial charge in [0.2, 0.25) is 0 Å². The second kappa shape index (κ2) is 6.52. The van der Waals surface area contributed by atoms with Gasteiger partial charge in [-0.25, -0.2) is 0 Å². The molecule has 1 aliphatic heterocycles. The van der Waals surface area contributed by atoms with Crippen molar-refractivity contribution in [3.8, 4) is 0 Å². The Hall–Kier alpha value is -0.490. The van der Waals surface area contributed by atoms with Gasteiger partial charge in [0.25, 0.3) is 0 Å². The van der Waals surface area contributed by atoms with Gasteiger partial charge in [-0.2, -0.15) is 0 Å². The fourth-order valence-corrected chi connectivity index (χ4v) is 3.19.